The summed E-state index contributed by atoms with van der Waals surface area (Å²) in [6, 6.07) is 34.0. The number of rotatable bonds is 17. The largest absolute Gasteiger partial charge is 0.112 e. The molecule has 34 heavy (non-hydrogen) atoms. The van der Waals surface area contributed by atoms with Crippen LogP contribution in [0.4, 0.5) is 0 Å². The number of unbranched alkanes of at least 4 members (excludes halogenated alkanes) is 12. The molecule has 0 atom stereocenters. The summed E-state index contributed by atoms with van der Waals surface area (Å²) in [7, 11) is -1.64. The van der Waals surface area contributed by atoms with Gasteiger partial charge in [0.25, 0.3) is 0 Å². The smallest absolute Gasteiger partial charge is 0.0654 e. The minimum Gasteiger partial charge on any atom is -0.0654 e. The van der Waals surface area contributed by atoms with Gasteiger partial charge < -0.3 is 0 Å². The van der Waals surface area contributed by atoms with E-state index in [0.29, 0.717) is 0 Å². The second kappa shape index (κ2) is 15.9. The lowest BCUT2D eigenvalue weighted by atomic mass is 10.1. The molecule has 0 radical (unpaired) electrons. The van der Waals surface area contributed by atoms with E-state index in [0.717, 1.165) is 0 Å². The molecule has 0 amide bonds. The van der Waals surface area contributed by atoms with Crippen LogP contribution in [0.2, 0.25) is 0 Å². The summed E-state index contributed by atoms with van der Waals surface area (Å²) in [6.45, 7) is 2.30. The molecular weight excluding hydrogens is 427 g/mol. The molecule has 0 aliphatic carbocycles. The topological polar surface area (TPSA) is 0 Å². The molecule has 0 aliphatic rings. The standard InChI is InChI=1S/C33H46P/c1-2-3-4-5-6-7-8-9-10-11-12-13-23-30-34(31-24-17-14-18-25-31,32-26-19-15-20-27-32)33-28-21-16-22-29-33/h14-22,24-29H,2-13,23,30H2,1H3/q+1. The third-order valence-corrected chi connectivity index (χ3v) is 11.7. The van der Waals surface area contributed by atoms with Gasteiger partial charge in [0.15, 0.2) is 0 Å². The Morgan fingerprint density at radius 2 is 0.676 bits per heavy atom. The second-order valence-corrected chi connectivity index (χ2v) is 13.4. The molecule has 0 N–H and O–H groups in total. The van der Waals surface area contributed by atoms with Crippen molar-refractivity contribution in [3.05, 3.63) is 91.0 Å². The third kappa shape index (κ3) is 8.09. The van der Waals surface area contributed by atoms with Crippen LogP contribution in [-0.4, -0.2) is 6.16 Å². The summed E-state index contributed by atoms with van der Waals surface area (Å²) in [5, 5.41) is 4.56. The van der Waals surface area contributed by atoms with Crippen LogP contribution in [0.25, 0.3) is 0 Å². The second-order valence-electron chi connectivity index (χ2n) is 9.78. The lowest BCUT2D eigenvalue weighted by Crippen LogP contribution is -2.33. The molecule has 0 heterocycles. The van der Waals surface area contributed by atoms with Crippen LogP contribution >= 0.6 is 7.26 Å². The van der Waals surface area contributed by atoms with Crippen molar-refractivity contribution in [2.45, 2.75) is 90.4 Å². The fraction of sp³-hybridized carbons (Fsp3) is 0.455. The van der Waals surface area contributed by atoms with Gasteiger partial charge in [0.2, 0.25) is 0 Å². The molecule has 1 heteroatoms. The van der Waals surface area contributed by atoms with E-state index in [9.17, 15) is 0 Å². The van der Waals surface area contributed by atoms with Gasteiger partial charge in [0, 0.05) is 0 Å². The Hall–Kier alpha value is -1.91. The van der Waals surface area contributed by atoms with Crippen LogP contribution < -0.4 is 15.9 Å². The van der Waals surface area contributed by atoms with Crippen LogP contribution in [-0.2, 0) is 0 Å². The molecule has 0 aromatic heterocycles. The first-order valence-electron chi connectivity index (χ1n) is 13.9. The van der Waals surface area contributed by atoms with Crippen LogP contribution in [0.3, 0.4) is 0 Å². The predicted octanol–water partition coefficient (Wildman–Crippen LogP) is 9.07. The molecule has 0 aliphatic heterocycles. The average molecular weight is 474 g/mol. The monoisotopic (exact) mass is 473 g/mol. The van der Waals surface area contributed by atoms with E-state index < -0.39 is 7.26 Å². The predicted molar refractivity (Wildman–Crippen MR) is 156 cm³/mol. The summed E-state index contributed by atoms with van der Waals surface area (Å²) < 4.78 is 0. The highest BCUT2D eigenvalue weighted by Gasteiger charge is 2.44. The molecule has 0 spiro atoms. The van der Waals surface area contributed by atoms with Crippen molar-refractivity contribution in [3.63, 3.8) is 0 Å². The molecule has 0 saturated heterocycles. The molecule has 0 fully saturated rings. The van der Waals surface area contributed by atoms with Crippen molar-refractivity contribution in [2.24, 2.45) is 0 Å². The van der Waals surface area contributed by atoms with Gasteiger partial charge in [0.05, 0.1) is 6.16 Å². The summed E-state index contributed by atoms with van der Waals surface area (Å²) in [4.78, 5) is 0. The Morgan fingerprint density at radius 3 is 1.00 bits per heavy atom. The zero-order valence-electron chi connectivity index (χ0n) is 21.5. The highest BCUT2D eigenvalue weighted by Crippen LogP contribution is 2.55. The molecule has 182 valence electrons. The van der Waals surface area contributed by atoms with Gasteiger partial charge in [-0.05, 0) is 49.2 Å². The van der Waals surface area contributed by atoms with E-state index in [2.05, 4.69) is 97.9 Å². The molecule has 0 unspecified atom stereocenters. The maximum Gasteiger partial charge on any atom is 0.112 e. The Bertz CT molecular complexity index is 776. The first-order valence-corrected chi connectivity index (χ1v) is 15.9. The van der Waals surface area contributed by atoms with Gasteiger partial charge >= 0.3 is 0 Å². The molecule has 0 nitrogen and oxygen atoms in total. The van der Waals surface area contributed by atoms with E-state index >= 15 is 0 Å². The van der Waals surface area contributed by atoms with Gasteiger partial charge in [-0.3, -0.25) is 0 Å². The quantitative estimate of drug-likeness (QED) is 0.135. The molecular formula is C33H46P+. The van der Waals surface area contributed by atoms with Crippen LogP contribution in [0.15, 0.2) is 91.0 Å². The van der Waals surface area contributed by atoms with Gasteiger partial charge in [-0.2, -0.15) is 0 Å². The SMILES string of the molecule is CCCCCCCCCCCCCCC[P+](c1ccccc1)(c1ccccc1)c1ccccc1. The van der Waals surface area contributed by atoms with Gasteiger partial charge in [-0.15, -0.1) is 0 Å². The molecule has 0 saturated carbocycles. The van der Waals surface area contributed by atoms with E-state index in [1.807, 2.05) is 0 Å². The van der Waals surface area contributed by atoms with Crippen molar-refractivity contribution in [3.8, 4) is 0 Å². The van der Waals surface area contributed by atoms with Crippen LogP contribution in [0.5, 0.6) is 0 Å². The normalized spacial score (nSPS) is 11.6. The van der Waals surface area contributed by atoms with Gasteiger partial charge in [-0.1, -0.05) is 132 Å². The van der Waals surface area contributed by atoms with Crippen molar-refractivity contribution >= 4 is 23.2 Å². The summed E-state index contributed by atoms with van der Waals surface area (Å²) in [6.07, 6.45) is 19.6. The molecule has 3 aromatic rings. The van der Waals surface area contributed by atoms with Crippen molar-refractivity contribution in [1.29, 1.82) is 0 Å². The van der Waals surface area contributed by atoms with Gasteiger partial charge in [0.1, 0.15) is 23.2 Å². The van der Waals surface area contributed by atoms with E-state index in [1.54, 1.807) is 0 Å². The van der Waals surface area contributed by atoms with E-state index in [1.165, 1.54) is 106 Å². The Balaban J connectivity index is 1.54. The minimum absolute atomic E-state index is 1.27. The Kier molecular flexibility index (Phi) is 12.5. The van der Waals surface area contributed by atoms with E-state index in [4.69, 9.17) is 0 Å². The lowest BCUT2D eigenvalue weighted by Gasteiger charge is -2.27. The highest BCUT2D eigenvalue weighted by molar-refractivity contribution is 7.95. The highest BCUT2D eigenvalue weighted by atomic mass is 31.2. The van der Waals surface area contributed by atoms with E-state index in [-0.39, 0.29) is 0 Å². The molecule has 0 bridgehead atoms. The lowest BCUT2D eigenvalue weighted by molar-refractivity contribution is 0.543. The van der Waals surface area contributed by atoms with Crippen LogP contribution in [0.1, 0.15) is 90.4 Å². The van der Waals surface area contributed by atoms with Crippen molar-refractivity contribution in [1.82, 2.24) is 0 Å². The first kappa shape index (κ1) is 26.7. The molecule has 3 aromatic carbocycles. The zero-order valence-corrected chi connectivity index (χ0v) is 22.4. The summed E-state index contributed by atoms with van der Waals surface area (Å²) >= 11 is 0. The minimum atomic E-state index is -1.64. The third-order valence-electron chi connectivity index (χ3n) is 7.19. The number of benzene rings is 3. The zero-order chi connectivity index (χ0) is 23.7. The maximum atomic E-state index is 2.37. The Morgan fingerprint density at radius 1 is 0.382 bits per heavy atom. The summed E-state index contributed by atoms with van der Waals surface area (Å²) in [5.74, 6) is 0. The average Bonchev–Trinajstić information content (AvgIpc) is 2.91. The first-order chi connectivity index (χ1) is 16.9. The fourth-order valence-electron chi connectivity index (χ4n) is 5.25. The molecule has 3 rings (SSSR count). The number of hydrogen-bond donors (Lipinski definition) is 0. The van der Waals surface area contributed by atoms with Crippen molar-refractivity contribution < 1.29 is 0 Å². The van der Waals surface area contributed by atoms with Crippen molar-refractivity contribution in [2.75, 3.05) is 6.16 Å². The fourth-order valence-corrected chi connectivity index (χ4v) is 9.66. The Labute approximate surface area is 210 Å². The summed E-state index contributed by atoms with van der Waals surface area (Å²) in [5.41, 5.74) is 0. The maximum absolute atomic E-state index is 2.37. The number of hydrogen-bond acceptors (Lipinski definition) is 0. The van der Waals surface area contributed by atoms with Gasteiger partial charge in [-0.25, -0.2) is 0 Å². The van der Waals surface area contributed by atoms with Crippen LogP contribution in [0, 0.1) is 0 Å².